The molecule has 0 amide bonds. The largest absolute Gasteiger partial charge is 0.481 e. The van der Waals surface area contributed by atoms with Gasteiger partial charge in [-0.05, 0) is 45.2 Å². The summed E-state index contributed by atoms with van der Waals surface area (Å²) in [6.45, 7) is 10.1. The van der Waals surface area contributed by atoms with Crippen molar-refractivity contribution in [2.75, 3.05) is 19.6 Å². The van der Waals surface area contributed by atoms with Gasteiger partial charge in [0.2, 0.25) is 0 Å². The molecule has 1 heterocycles. The van der Waals surface area contributed by atoms with E-state index in [0.29, 0.717) is 0 Å². The minimum atomic E-state index is -1.08. The Kier molecular flexibility index (Phi) is 6.81. The van der Waals surface area contributed by atoms with E-state index in [0.717, 1.165) is 5.92 Å². The lowest BCUT2D eigenvalue weighted by molar-refractivity contribution is -0.145. The molecule has 1 aliphatic carbocycles. The van der Waals surface area contributed by atoms with Gasteiger partial charge in [0.05, 0.1) is 5.41 Å². The topological polar surface area (TPSA) is 77.8 Å². The molecule has 2 N–H and O–H groups in total. The van der Waals surface area contributed by atoms with E-state index in [4.69, 9.17) is 10.2 Å². The molecule has 2 rings (SSSR count). The Bertz CT molecular complexity index is 461. The number of hydrogen-bond acceptors (Lipinski definition) is 3. The zero-order chi connectivity index (χ0) is 16.8. The molecule has 5 nitrogen and oxygen atoms in total. The molecule has 1 atom stereocenters. The van der Waals surface area contributed by atoms with E-state index in [9.17, 15) is 9.59 Å². The van der Waals surface area contributed by atoms with Crippen LogP contribution >= 0.6 is 0 Å². The van der Waals surface area contributed by atoms with Crippen LogP contribution < -0.4 is 0 Å². The van der Waals surface area contributed by atoms with Gasteiger partial charge >= 0.3 is 11.9 Å². The van der Waals surface area contributed by atoms with Gasteiger partial charge in [0.1, 0.15) is 0 Å². The van der Waals surface area contributed by atoms with Crippen LogP contribution in [0.15, 0.2) is 23.8 Å². The number of carbonyl (C=O) groups is 2. The van der Waals surface area contributed by atoms with Crippen LogP contribution in [0.3, 0.4) is 0 Å². The second-order valence-corrected chi connectivity index (χ2v) is 6.66. The molecule has 5 heteroatoms. The van der Waals surface area contributed by atoms with Gasteiger partial charge in [-0.3, -0.25) is 4.79 Å². The monoisotopic (exact) mass is 309 g/mol. The molecular weight excluding hydrogens is 282 g/mol. The number of carboxylic acid groups (broad SMARTS) is 2. The molecule has 1 fully saturated rings. The number of allylic oxidation sites excluding steroid dienone is 2. The number of aliphatic carboxylic acids is 2. The summed E-state index contributed by atoms with van der Waals surface area (Å²) < 4.78 is 0. The summed E-state index contributed by atoms with van der Waals surface area (Å²) in [6, 6.07) is 0. The van der Waals surface area contributed by atoms with Crippen LogP contribution in [0.5, 0.6) is 0 Å². The third-order valence-electron chi connectivity index (χ3n) is 3.90. The Labute approximate surface area is 132 Å². The van der Waals surface area contributed by atoms with Crippen molar-refractivity contribution in [3.05, 3.63) is 23.8 Å². The van der Waals surface area contributed by atoms with E-state index >= 15 is 0 Å². The Morgan fingerprint density at radius 3 is 2.32 bits per heavy atom. The van der Waals surface area contributed by atoms with Gasteiger partial charge in [-0.1, -0.05) is 32.1 Å². The zero-order valence-electron chi connectivity index (χ0n) is 13.7. The highest BCUT2D eigenvalue weighted by atomic mass is 16.4. The van der Waals surface area contributed by atoms with Crippen LogP contribution in [-0.2, 0) is 9.59 Å². The minimum absolute atomic E-state index is 0.0359. The molecule has 0 aromatic heterocycles. The van der Waals surface area contributed by atoms with Gasteiger partial charge in [-0.2, -0.15) is 0 Å². The average molecular weight is 309 g/mol. The lowest BCUT2D eigenvalue weighted by Crippen LogP contribution is -2.28. The number of likely N-dealkylation sites (tertiary alicyclic amines) is 1. The summed E-state index contributed by atoms with van der Waals surface area (Å²) in [4.78, 5) is 23.9. The predicted molar refractivity (Wildman–Crippen MR) is 85.7 cm³/mol. The van der Waals surface area contributed by atoms with E-state index in [1.165, 1.54) is 57.6 Å². The van der Waals surface area contributed by atoms with Crippen molar-refractivity contribution >= 4 is 11.9 Å². The predicted octanol–water partition coefficient (Wildman–Crippen LogP) is 2.79. The van der Waals surface area contributed by atoms with Gasteiger partial charge < -0.3 is 15.1 Å². The first-order chi connectivity index (χ1) is 10.2. The van der Waals surface area contributed by atoms with Crippen molar-refractivity contribution in [3.63, 3.8) is 0 Å². The standard InChI is InChI=1S/C9H10O4.C8H17N/c1-9(8(12)13)4-2-3-6(5-9)7(10)11;1-8(2)7-9-5-3-4-6-9/h2-4H,5H2,1H3,(H,10,11)(H,12,13);8H,3-7H2,1-2H3. The molecule has 1 saturated heterocycles. The number of hydrogen-bond donors (Lipinski definition) is 2. The molecule has 1 aliphatic heterocycles. The molecule has 22 heavy (non-hydrogen) atoms. The lowest BCUT2D eigenvalue weighted by atomic mass is 9.80. The fourth-order valence-corrected chi connectivity index (χ4v) is 2.67. The number of carboxylic acids is 2. The SMILES string of the molecule is CC(C)CN1CCCC1.CC1(C(=O)O)C=CC=C(C(=O)O)C1. The molecule has 124 valence electrons. The summed E-state index contributed by atoms with van der Waals surface area (Å²) >= 11 is 0. The molecule has 0 bridgehead atoms. The molecule has 1 unspecified atom stereocenters. The summed E-state index contributed by atoms with van der Waals surface area (Å²) in [5.74, 6) is -1.21. The van der Waals surface area contributed by atoms with Crippen molar-refractivity contribution in [1.82, 2.24) is 4.90 Å². The van der Waals surface area contributed by atoms with Crippen molar-refractivity contribution in [2.24, 2.45) is 11.3 Å². The first kappa shape index (κ1) is 18.4. The van der Waals surface area contributed by atoms with E-state index in [1.54, 1.807) is 0 Å². The van der Waals surface area contributed by atoms with E-state index in [2.05, 4.69) is 18.7 Å². The van der Waals surface area contributed by atoms with Gasteiger partial charge in [-0.25, -0.2) is 4.79 Å². The lowest BCUT2D eigenvalue weighted by Gasteiger charge is -2.23. The quantitative estimate of drug-likeness (QED) is 0.835. The first-order valence-corrected chi connectivity index (χ1v) is 7.82. The minimum Gasteiger partial charge on any atom is -0.481 e. The summed E-state index contributed by atoms with van der Waals surface area (Å²) in [7, 11) is 0. The fraction of sp³-hybridized carbons (Fsp3) is 0.647. The van der Waals surface area contributed by atoms with Crippen molar-refractivity contribution in [2.45, 2.75) is 40.0 Å². The molecular formula is C17H27NO4. The van der Waals surface area contributed by atoms with Crippen LogP contribution in [0.4, 0.5) is 0 Å². The first-order valence-electron chi connectivity index (χ1n) is 7.82. The highest BCUT2D eigenvalue weighted by Crippen LogP contribution is 2.31. The smallest absolute Gasteiger partial charge is 0.331 e. The second kappa shape index (κ2) is 8.13. The molecule has 0 aromatic carbocycles. The van der Waals surface area contributed by atoms with E-state index in [-0.39, 0.29) is 12.0 Å². The highest BCUT2D eigenvalue weighted by molar-refractivity contribution is 5.90. The summed E-state index contributed by atoms with van der Waals surface area (Å²) in [5, 5.41) is 17.5. The van der Waals surface area contributed by atoms with Crippen LogP contribution in [0.25, 0.3) is 0 Å². The van der Waals surface area contributed by atoms with Gasteiger partial charge in [0.15, 0.2) is 0 Å². The maximum atomic E-state index is 10.8. The van der Waals surface area contributed by atoms with E-state index in [1.807, 2.05) is 0 Å². The average Bonchev–Trinajstić information content (AvgIpc) is 2.91. The van der Waals surface area contributed by atoms with Crippen molar-refractivity contribution in [3.8, 4) is 0 Å². The van der Waals surface area contributed by atoms with Crippen LogP contribution in [0.1, 0.15) is 40.0 Å². The second-order valence-electron chi connectivity index (χ2n) is 6.66. The normalized spacial score (nSPS) is 24.6. The molecule has 0 radical (unpaired) electrons. The summed E-state index contributed by atoms with van der Waals surface area (Å²) in [6.07, 6.45) is 7.28. The number of rotatable bonds is 4. The van der Waals surface area contributed by atoms with Gasteiger partial charge in [0.25, 0.3) is 0 Å². The Morgan fingerprint density at radius 2 is 1.86 bits per heavy atom. The van der Waals surface area contributed by atoms with Gasteiger partial charge in [0, 0.05) is 12.1 Å². The maximum Gasteiger partial charge on any atom is 0.331 e. The Hall–Kier alpha value is -1.62. The van der Waals surface area contributed by atoms with Crippen molar-refractivity contribution < 1.29 is 19.8 Å². The van der Waals surface area contributed by atoms with Crippen molar-refractivity contribution in [1.29, 1.82) is 0 Å². The molecule has 0 saturated carbocycles. The van der Waals surface area contributed by atoms with Crippen LogP contribution in [-0.4, -0.2) is 46.7 Å². The van der Waals surface area contributed by atoms with Crippen LogP contribution in [0.2, 0.25) is 0 Å². The highest BCUT2D eigenvalue weighted by Gasteiger charge is 2.34. The Balaban J connectivity index is 0.000000235. The summed E-state index contributed by atoms with van der Waals surface area (Å²) in [5.41, 5.74) is -0.949. The van der Waals surface area contributed by atoms with E-state index < -0.39 is 17.4 Å². The molecule has 0 aromatic rings. The fourth-order valence-electron chi connectivity index (χ4n) is 2.67. The molecule has 0 spiro atoms. The Morgan fingerprint density at radius 1 is 1.27 bits per heavy atom. The zero-order valence-corrected chi connectivity index (χ0v) is 13.7. The number of nitrogens with zero attached hydrogens (tertiary/aromatic N) is 1. The molecule has 2 aliphatic rings. The van der Waals surface area contributed by atoms with Crippen LogP contribution in [0, 0.1) is 11.3 Å². The van der Waals surface area contributed by atoms with Gasteiger partial charge in [-0.15, -0.1) is 0 Å². The maximum absolute atomic E-state index is 10.8. The third-order valence-corrected chi connectivity index (χ3v) is 3.90. The third kappa shape index (κ3) is 5.64.